The quantitative estimate of drug-likeness (QED) is 0.789. The van der Waals surface area contributed by atoms with Crippen LogP contribution >= 0.6 is 0 Å². The van der Waals surface area contributed by atoms with Crippen LogP contribution in [0.2, 0.25) is 0 Å². The molecule has 1 aromatic carbocycles. The standard InChI is InChI=1S/C20H23N3O4/c1-14-12-15(23-10-3-4-11-23)7-8-17(14)22-18(24)13-27-20(25)16-6-5-9-21-19(16)26-2/h5-9,12H,3-4,10-11,13H2,1-2H3,(H,22,24). The molecule has 2 heterocycles. The van der Waals surface area contributed by atoms with Crippen LogP contribution in [-0.2, 0) is 9.53 Å². The zero-order valence-electron chi connectivity index (χ0n) is 15.5. The lowest BCUT2D eigenvalue weighted by Crippen LogP contribution is -2.22. The van der Waals surface area contributed by atoms with Crippen LogP contribution in [0, 0.1) is 6.92 Å². The summed E-state index contributed by atoms with van der Waals surface area (Å²) < 4.78 is 10.1. The molecular formula is C20H23N3O4. The molecule has 1 aliphatic heterocycles. The summed E-state index contributed by atoms with van der Waals surface area (Å²) in [5.74, 6) is -0.893. The van der Waals surface area contributed by atoms with E-state index in [1.54, 1.807) is 6.07 Å². The van der Waals surface area contributed by atoms with Gasteiger partial charge in [0.15, 0.2) is 6.61 Å². The van der Waals surface area contributed by atoms with E-state index in [-0.39, 0.29) is 18.1 Å². The van der Waals surface area contributed by atoms with Crippen molar-refractivity contribution >= 4 is 23.3 Å². The molecule has 142 valence electrons. The molecule has 2 aromatic rings. The molecule has 1 aliphatic rings. The number of aryl methyl sites for hydroxylation is 1. The smallest absolute Gasteiger partial charge is 0.344 e. The molecule has 1 saturated heterocycles. The Morgan fingerprint density at radius 3 is 2.70 bits per heavy atom. The normalized spacial score (nSPS) is 13.3. The van der Waals surface area contributed by atoms with Gasteiger partial charge in [-0.05, 0) is 55.7 Å². The second-order valence-corrected chi connectivity index (χ2v) is 6.38. The Kier molecular flexibility index (Phi) is 5.90. The number of esters is 1. The van der Waals surface area contributed by atoms with Crippen molar-refractivity contribution in [3.05, 3.63) is 47.7 Å². The summed E-state index contributed by atoms with van der Waals surface area (Å²) in [5.41, 5.74) is 3.02. The zero-order chi connectivity index (χ0) is 19.2. The number of aromatic nitrogens is 1. The molecule has 0 unspecified atom stereocenters. The number of benzene rings is 1. The Morgan fingerprint density at radius 1 is 1.22 bits per heavy atom. The maximum Gasteiger partial charge on any atom is 0.344 e. The maximum absolute atomic E-state index is 12.2. The van der Waals surface area contributed by atoms with Gasteiger partial charge in [-0.3, -0.25) is 4.79 Å². The Hall–Kier alpha value is -3.09. The van der Waals surface area contributed by atoms with Crippen molar-refractivity contribution in [1.29, 1.82) is 0 Å². The number of pyridine rings is 1. The molecule has 3 rings (SSSR count). The lowest BCUT2D eigenvalue weighted by atomic mass is 10.1. The highest BCUT2D eigenvalue weighted by Crippen LogP contribution is 2.25. The lowest BCUT2D eigenvalue weighted by Gasteiger charge is -2.19. The molecule has 0 aliphatic carbocycles. The van der Waals surface area contributed by atoms with Gasteiger partial charge in [-0.1, -0.05) is 0 Å². The van der Waals surface area contributed by atoms with Gasteiger partial charge in [0, 0.05) is 30.7 Å². The Labute approximate surface area is 158 Å². The third-order valence-electron chi connectivity index (χ3n) is 4.47. The minimum Gasteiger partial charge on any atom is -0.480 e. The number of hydrogen-bond donors (Lipinski definition) is 1. The van der Waals surface area contributed by atoms with Gasteiger partial charge in [0.25, 0.3) is 5.91 Å². The average Bonchev–Trinajstić information content (AvgIpc) is 3.22. The van der Waals surface area contributed by atoms with Gasteiger partial charge in [0.2, 0.25) is 5.88 Å². The van der Waals surface area contributed by atoms with Crippen LogP contribution < -0.4 is 15.0 Å². The second-order valence-electron chi connectivity index (χ2n) is 6.38. The first-order valence-corrected chi connectivity index (χ1v) is 8.90. The van der Waals surface area contributed by atoms with E-state index in [9.17, 15) is 9.59 Å². The first kappa shape index (κ1) is 18.7. The molecule has 0 bridgehead atoms. The maximum atomic E-state index is 12.2. The van der Waals surface area contributed by atoms with E-state index in [1.807, 2.05) is 19.1 Å². The van der Waals surface area contributed by atoms with E-state index in [0.717, 1.165) is 24.3 Å². The Morgan fingerprint density at radius 2 is 2.00 bits per heavy atom. The molecule has 1 aromatic heterocycles. The van der Waals surface area contributed by atoms with Gasteiger partial charge in [0.1, 0.15) is 5.56 Å². The number of ether oxygens (including phenoxy) is 2. The zero-order valence-corrected chi connectivity index (χ0v) is 15.5. The SMILES string of the molecule is COc1ncccc1C(=O)OCC(=O)Nc1ccc(N2CCCC2)cc1C. The fourth-order valence-electron chi connectivity index (χ4n) is 3.06. The van der Waals surface area contributed by atoms with Crippen molar-refractivity contribution in [2.24, 2.45) is 0 Å². The summed E-state index contributed by atoms with van der Waals surface area (Å²) in [4.78, 5) is 30.5. The van der Waals surface area contributed by atoms with Crippen LogP contribution in [0.3, 0.4) is 0 Å². The second kappa shape index (κ2) is 8.53. The number of carbonyl (C=O) groups excluding carboxylic acids is 2. The molecular weight excluding hydrogens is 346 g/mol. The monoisotopic (exact) mass is 369 g/mol. The summed E-state index contributed by atoms with van der Waals surface area (Å²) >= 11 is 0. The van der Waals surface area contributed by atoms with Crippen LogP contribution in [-0.4, -0.2) is 43.7 Å². The minimum absolute atomic E-state index is 0.163. The van der Waals surface area contributed by atoms with Gasteiger partial charge in [-0.2, -0.15) is 0 Å². The fraction of sp³-hybridized carbons (Fsp3) is 0.350. The van der Waals surface area contributed by atoms with Gasteiger partial charge >= 0.3 is 5.97 Å². The van der Waals surface area contributed by atoms with Crippen LogP contribution in [0.4, 0.5) is 11.4 Å². The number of methoxy groups -OCH3 is 1. The summed E-state index contributed by atoms with van der Waals surface area (Å²) in [6, 6.07) is 9.08. The van der Waals surface area contributed by atoms with Crippen molar-refractivity contribution in [2.75, 3.05) is 37.0 Å². The molecule has 0 atom stereocenters. The van der Waals surface area contributed by atoms with Crippen molar-refractivity contribution in [2.45, 2.75) is 19.8 Å². The number of carbonyl (C=O) groups is 2. The number of nitrogens with one attached hydrogen (secondary N) is 1. The number of rotatable bonds is 6. The van der Waals surface area contributed by atoms with Crippen LogP contribution in [0.5, 0.6) is 5.88 Å². The van der Waals surface area contributed by atoms with E-state index >= 15 is 0 Å². The van der Waals surface area contributed by atoms with E-state index in [2.05, 4.69) is 21.3 Å². The number of nitrogens with zero attached hydrogens (tertiary/aromatic N) is 2. The summed E-state index contributed by atoms with van der Waals surface area (Å²) in [6.45, 7) is 3.70. The van der Waals surface area contributed by atoms with E-state index in [1.165, 1.54) is 32.2 Å². The van der Waals surface area contributed by atoms with Crippen LogP contribution in [0.15, 0.2) is 36.5 Å². The molecule has 0 spiro atoms. The number of amides is 1. The molecule has 7 nitrogen and oxygen atoms in total. The molecule has 0 radical (unpaired) electrons. The van der Waals surface area contributed by atoms with E-state index in [4.69, 9.17) is 9.47 Å². The molecule has 7 heteroatoms. The van der Waals surface area contributed by atoms with Crippen molar-refractivity contribution in [3.63, 3.8) is 0 Å². The van der Waals surface area contributed by atoms with Gasteiger partial charge in [0.05, 0.1) is 7.11 Å². The fourth-order valence-corrected chi connectivity index (χ4v) is 3.06. The van der Waals surface area contributed by atoms with Crippen LogP contribution in [0.1, 0.15) is 28.8 Å². The van der Waals surface area contributed by atoms with Crippen molar-refractivity contribution < 1.29 is 19.1 Å². The van der Waals surface area contributed by atoms with Gasteiger partial charge < -0.3 is 19.7 Å². The summed E-state index contributed by atoms with van der Waals surface area (Å²) in [5, 5.41) is 2.78. The van der Waals surface area contributed by atoms with Crippen LogP contribution in [0.25, 0.3) is 0 Å². The molecule has 27 heavy (non-hydrogen) atoms. The first-order valence-electron chi connectivity index (χ1n) is 8.90. The highest BCUT2D eigenvalue weighted by molar-refractivity contribution is 5.96. The topological polar surface area (TPSA) is 80.8 Å². The van der Waals surface area contributed by atoms with Gasteiger partial charge in [-0.15, -0.1) is 0 Å². The molecule has 1 N–H and O–H groups in total. The van der Waals surface area contributed by atoms with Crippen molar-refractivity contribution in [1.82, 2.24) is 4.98 Å². The highest BCUT2D eigenvalue weighted by atomic mass is 16.5. The molecule has 0 saturated carbocycles. The minimum atomic E-state index is -0.656. The Bertz CT molecular complexity index is 832. The first-order chi connectivity index (χ1) is 13.1. The third kappa shape index (κ3) is 4.55. The number of anilines is 2. The lowest BCUT2D eigenvalue weighted by molar-refractivity contribution is -0.119. The largest absolute Gasteiger partial charge is 0.480 e. The predicted molar refractivity (Wildman–Crippen MR) is 102 cm³/mol. The average molecular weight is 369 g/mol. The predicted octanol–water partition coefficient (Wildman–Crippen LogP) is 2.79. The molecule has 1 amide bonds. The highest BCUT2D eigenvalue weighted by Gasteiger charge is 2.17. The van der Waals surface area contributed by atoms with Crippen molar-refractivity contribution in [3.8, 4) is 5.88 Å². The Balaban J connectivity index is 1.57. The molecule has 1 fully saturated rings. The summed E-state index contributed by atoms with van der Waals surface area (Å²) in [6.07, 6.45) is 3.94. The third-order valence-corrected chi connectivity index (χ3v) is 4.47. The number of hydrogen-bond acceptors (Lipinski definition) is 6. The van der Waals surface area contributed by atoms with E-state index < -0.39 is 11.9 Å². The summed E-state index contributed by atoms with van der Waals surface area (Å²) in [7, 11) is 1.42. The van der Waals surface area contributed by atoms with Gasteiger partial charge in [-0.25, -0.2) is 9.78 Å². The van der Waals surface area contributed by atoms with E-state index in [0.29, 0.717) is 5.69 Å².